The highest BCUT2D eigenvalue weighted by molar-refractivity contribution is 7.80. The molecular formula is C9H10OS. The summed E-state index contributed by atoms with van der Waals surface area (Å²) in [5.41, 5.74) is 1.29. The number of hydrogen-bond donors (Lipinski definition) is 1. The summed E-state index contributed by atoms with van der Waals surface area (Å²) in [5.74, 6) is 0. The van der Waals surface area contributed by atoms with Crippen LogP contribution < -0.4 is 0 Å². The van der Waals surface area contributed by atoms with E-state index in [2.05, 4.69) is 18.7 Å². The van der Waals surface area contributed by atoms with Crippen LogP contribution in [0, 0.1) is 0 Å². The van der Waals surface area contributed by atoms with E-state index in [1.165, 1.54) is 5.56 Å². The fourth-order valence-electron chi connectivity index (χ4n) is 1.11. The molecule has 0 N–H and O–H groups in total. The van der Waals surface area contributed by atoms with Gasteiger partial charge in [0.25, 0.3) is 0 Å². The van der Waals surface area contributed by atoms with Gasteiger partial charge in [0.05, 0.1) is 12.7 Å². The van der Waals surface area contributed by atoms with Crippen molar-refractivity contribution in [3.05, 3.63) is 29.8 Å². The summed E-state index contributed by atoms with van der Waals surface area (Å²) in [7, 11) is 0. The van der Waals surface area contributed by atoms with Crippen molar-refractivity contribution in [3.8, 4) is 0 Å². The van der Waals surface area contributed by atoms with Crippen LogP contribution in [0.25, 0.3) is 0 Å². The lowest BCUT2D eigenvalue weighted by molar-refractivity contribution is 0.407. The largest absolute Gasteiger partial charge is 0.373 e. The third-order valence-electron chi connectivity index (χ3n) is 1.84. The molecule has 0 saturated carbocycles. The standard InChI is InChI=1S/C9H10OS/c11-9-4-2-1-3-7(9)5-8-6-10-8/h1-4,8,11H,5-6H2. The number of epoxide rings is 1. The van der Waals surface area contributed by atoms with Gasteiger partial charge in [-0.3, -0.25) is 0 Å². The summed E-state index contributed by atoms with van der Waals surface area (Å²) >= 11 is 4.34. The molecule has 0 bridgehead atoms. The maximum atomic E-state index is 5.13. The monoisotopic (exact) mass is 166 g/mol. The Labute approximate surface area is 71.8 Å². The van der Waals surface area contributed by atoms with Gasteiger partial charge >= 0.3 is 0 Å². The molecule has 2 rings (SSSR count). The van der Waals surface area contributed by atoms with Crippen LogP contribution in [0.4, 0.5) is 0 Å². The Bertz CT molecular complexity index is 255. The summed E-state index contributed by atoms with van der Waals surface area (Å²) in [6.07, 6.45) is 1.47. The lowest BCUT2D eigenvalue weighted by atomic mass is 10.1. The van der Waals surface area contributed by atoms with Crippen molar-refractivity contribution in [3.63, 3.8) is 0 Å². The predicted molar refractivity (Wildman–Crippen MR) is 47.1 cm³/mol. The van der Waals surface area contributed by atoms with E-state index < -0.39 is 0 Å². The van der Waals surface area contributed by atoms with Crippen molar-refractivity contribution in [1.82, 2.24) is 0 Å². The maximum Gasteiger partial charge on any atom is 0.0850 e. The Hall–Kier alpha value is -0.470. The van der Waals surface area contributed by atoms with Crippen molar-refractivity contribution in [2.75, 3.05) is 6.61 Å². The van der Waals surface area contributed by atoms with Gasteiger partial charge < -0.3 is 4.74 Å². The Balaban J connectivity index is 2.15. The minimum absolute atomic E-state index is 0.461. The fraction of sp³-hybridized carbons (Fsp3) is 0.333. The average molecular weight is 166 g/mol. The van der Waals surface area contributed by atoms with Gasteiger partial charge in [0.1, 0.15) is 0 Å². The van der Waals surface area contributed by atoms with Crippen LogP contribution in [0.3, 0.4) is 0 Å². The Morgan fingerprint density at radius 1 is 1.45 bits per heavy atom. The van der Waals surface area contributed by atoms with E-state index in [-0.39, 0.29) is 0 Å². The third-order valence-corrected chi connectivity index (χ3v) is 2.28. The van der Waals surface area contributed by atoms with E-state index in [9.17, 15) is 0 Å². The lowest BCUT2D eigenvalue weighted by Crippen LogP contribution is -1.93. The predicted octanol–water partition coefficient (Wildman–Crippen LogP) is 1.92. The van der Waals surface area contributed by atoms with Crippen molar-refractivity contribution >= 4 is 12.6 Å². The van der Waals surface area contributed by atoms with E-state index in [0.717, 1.165) is 17.9 Å². The zero-order chi connectivity index (χ0) is 7.68. The summed E-state index contributed by atoms with van der Waals surface area (Å²) in [6, 6.07) is 8.15. The van der Waals surface area contributed by atoms with Crippen molar-refractivity contribution in [1.29, 1.82) is 0 Å². The molecule has 0 aliphatic carbocycles. The number of ether oxygens (including phenoxy) is 1. The van der Waals surface area contributed by atoms with E-state index in [4.69, 9.17) is 4.74 Å². The maximum absolute atomic E-state index is 5.13. The molecule has 0 spiro atoms. The SMILES string of the molecule is Sc1ccccc1CC1CO1. The zero-order valence-electron chi connectivity index (χ0n) is 6.16. The summed E-state index contributed by atoms with van der Waals surface area (Å²) in [5, 5.41) is 0. The summed E-state index contributed by atoms with van der Waals surface area (Å²) in [6.45, 7) is 0.919. The van der Waals surface area contributed by atoms with Crippen LogP contribution in [-0.2, 0) is 11.2 Å². The topological polar surface area (TPSA) is 12.5 Å². The van der Waals surface area contributed by atoms with Gasteiger partial charge in [-0.25, -0.2) is 0 Å². The number of thiol groups is 1. The fourth-order valence-corrected chi connectivity index (χ4v) is 1.37. The molecule has 2 heteroatoms. The van der Waals surface area contributed by atoms with Crippen LogP contribution >= 0.6 is 12.6 Å². The second-order valence-corrected chi connectivity index (χ2v) is 3.27. The van der Waals surface area contributed by atoms with Crippen LogP contribution in [0.5, 0.6) is 0 Å². The first-order valence-corrected chi connectivity index (χ1v) is 4.19. The number of benzene rings is 1. The molecule has 58 valence electrons. The first kappa shape index (κ1) is 7.19. The van der Waals surface area contributed by atoms with Gasteiger partial charge in [-0.05, 0) is 11.6 Å². The molecule has 1 fully saturated rings. The average Bonchev–Trinajstić information content (AvgIpc) is 2.78. The summed E-state index contributed by atoms with van der Waals surface area (Å²) in [4.78, 5) is 1.07. The highest BCUT2D eigenvalue weighted by atomic mass is 32.1. The minimum atomic E-state index is 0.461. The number of rotatable bonds is 2. The summed E-state index contributed by atoms with van der Waals surface area (Å²) < 4.78 is 5.13. The third kappa shape index (κ3) is 1.76. The van der Waals surface area contributed by atoms with Crippen molar-refractivity contribution in [2.45, 2.75) is 17.4 Å². The second-order valence-electron chi connectivity index (χ2n) is 2.79. The minimum Gasteiger partial charge on any atom is -0.373 e. The van der Waals surface area contributed by atoms with E-state index in [1.54, 1.807) is 0 Å². The van der Waals surface area contributed by atoms with Gasteiger partial charge in [-0.2, -0.15) is 0 Å². The quantitative estimate of drug-likeness (QED) is 0.523. The van der Waals surface area contributed by atoms with Crippen LogP contribution in [0.1, 0.15) is 5.56 Å². The van der Waals surface area contributed by atoms with Gasteiger partial charge in [-0.15, -0.1) is 12.6 Å². The smallest absolute Gasteiger partial charge is 0.0850 e. The highest BCUT2D eigenvalue weighted by Crippen LogP contribution is 2.20. The molecule has 1 aliphatic rings. The van der Waals surface area contributed by atoms with Crippen molar-refractivity contribution in [2.24, 2.45) is 0 Å². The highest BCUT2D eigenvalue weighted by Gasteiger charge is 2.22. The molecule has 1 nitrogen and oxygen atoms in total. The molecule has 0 radical (unpaired) electrons. The molecule has 1 atom stereocenters. The first-order chi connectivity index (χ1) is 5.36. The van der Waals surface area contributed by atoms with Gasteiger partial charge in [0.15, 0.2) is 0 Å². The second kappa shape index (κ2) is 2.88. The van der Waals surface area contributed by atoms with Crippen LogP contribution in [0.15, 0.2) is 29.2 Å². The Kier molecular flexibility index (Phi) is 1.88. The molecule has 1 aliphatic heterocycles. The Morgan fingerprint density at radius 3 is 2.82 bits per heavy atom. The van der Waals surface area contributed by atoms with E-state index in [1.807, 2.05) is 18.2 Å². The normalized spacial score (nSPS) is 21.7. The molecule has 1 aromatic rings. The molecule has 1 aromatic carbocycles. The van der Waals surface area contributed by atoms with E-state index in [0.29, 0.717) is 6.10 Å². The van der Waals surface area contributed by atoms with Crippen LogP contribution in [0.2, 0.25) is 0 Å². The molecule has 0 aromatic heterocycles. The molecule has 0 amide bonds. The Morgan fingerprint density at radius 2 is 2.18 bits per heavy atom. The van der Waals surface area contributed by atoms with Gasteiger partial charge in [0, 0.05) is 11.3 Å². The van der Waals surface area contributed by atoms with Crippen LogP contribution in [-0.4, -0.2) is 12.7 Å². The van der Waals surface area contributed by atoms with Crippen molar-refractivity contribution < 1.29 is 4.74 Å². The van der Waals surface area contributed by atoms with E-state index >= 15 is 0 Å². The van der Waals surface area contributed by atoms with Gasteiger partial charge in [0.2, 0.25) is 0 Å². The molecular weight excluding hydrogens is 156 g/mol. The first-order valence-electron chi connectivity index (χ1n) is 3.75. The molecule has 11 heavy (non-hydrogen) atoms. The van der Waals surface area contributed by atoms with Gasteiger partial charge in [-0.1, -0.05) is 18.2 Å². The molecule has 1 heterocycles. The molecule has 1 unspecified atom stereocenters. The molecule has 1 saturated heterocycles. The number of hydrogen-bond acceptors (Lipinski definition) is 2. The zero-order valence-corrected chi connectivity index (χ0v) is 7.05. The lowest BCUT2D eigenvalue weighted by Gasteiger charge is -2.00.